The van der Waals surface area contributed by atoms with Gasteiger partial charge >= 0.3 is 0 Å². The van der Waals surface area contributed by atoms with E-state index in [0.717, 1.165) is 0 Å². The number of hydrogen-bond donors (Lipinski definition) is 2. The Bertz CT molecular complexity index is 251. The molecule has 4 heteroatoms. The van der Waals surface area contributed by atoms with E-state index in [1.807, 2.05) is 6.07 Å². The van der Waals surface area contributed by atoms with Gasteiger partial charge in [-0.05, 0) is 18.8 Å². The Morgan fingerprint density at radius 1 is 1.62 bits per heavy atom. The van der Waals surface area contributed by atoms with Gasteiger partial charge in [0.15, 0.2) is 0 Å². The van der Waals surface area contributed by atoms with E-state index in [2.05, 4.69) is 5.32 Å². The van der Waals surface area contributed by atoms with Crippen molar-refractivity contribution in [2.24, 2.45) is 5.92 Å². The van der Waals surface area contributed by atoms with Gasteiger partial charge in [-0.1, -0.05) is 13.8 Å². The van der Waals surface area contributed by atoms with Crippen LogP contribution in [0.1, 0.15) is 26.7 Å². The molecule has 0 aromatic heterocycles. The van der Waals surface area contributed by atoms with Crippen LogP contribution >= 0.6 is 0 Å². The van der Waals surface area contributed by atoms with Crippen LogP contribution < -0.4 is 5.32 Å². The molecule has 1 aliphatic rings. The number of aliphatic hydroxyl groups excluding tert-OH is 1. The van der Waals surface area contributed by atoms with Gasteiger partial charge in [0.1, 0.15) is 11.6 Å². The molecule has 0 bridgehead atoms. The zero-order valence-corrected chi connectivity index (χ0v) is 7.87. The number of carbonyl (C=O) groups excluding carboxylic acids is 1. The van der Waals surface area contributed by atoms with Gasteiger partial charge in [-0.25, -0.2) is 0 Å². The van der Waals surface area contributed by atoms with Crippen LogP contribution in [-0.4, -0.2) is 22.7 Å². The average molecular weight is 182 g/mol. The lowest BCUT2D eigenvalue weighted by Crippen LogP contribution is -2.44. The van der Waals surface area contributed by atoms with Crippen LogP contribution in [0, 0.1) is 17.2 Å². The molecule has 1 saturated carbocycles. The summed E-state index contributed by atoms with van der Waals surface area (Å²) in [6, 6.07) is 2.03. The lowest BCUT2D eigenvalue weighted by Gasteiger charge is -2.16. The SMILES string of the molecule is CC(C)[C@H](O)C(=O)NC1(C#N)CC1. The third-order valence-electron chi connectivity index (χ3n) is 2.23. The lowest BCUT2D eigenvalue weighted by molar-refractivity contribution is -0.132. The molecule has 0 unspecified atom stereocenters. The van der Waals surface area contributed by atoms with Gasteiger partial charge in [-0.3, -0.25) is 4.79 Å². The monoisotopic (exact) mass is 182 g/mol. The Balaban J connectivity index is 2.47. The first-order valence-electron chi connectivity index (χ1n) is 4.42. The first-order chi connectivity index (χ1) is 6.01. The van der Waals surface area contributed by atoms with Crippen LogP contribution in [0.4, 0.5) is 0 Å². The highest BCUT2D eigenvalue weighted by Crippen LogP contribution is 2.34. The summed E-state index contributed by atoms with van der Waals surface area (Å²) in [5, 5.41) is 20.6. The second kappa shape index (κ2) is 3.35. The largest absolute Gasteiger partial charge is 0.383 e. The highest BCUT2D eigenvalue weighted by atomic mass is 16.3. The molecular formula is C9H14N2O2. The highest BCUT2D eigenvalue weighted by molar-refractivity contribution is 5.82. The van der Waals surface area contributed by atoms with Crippen LogP contribution in [-0.2, 0) is 4.79 Å². The summed E-state index contributed by atoms with van der Waals surface area (Å²) < 4.78 is 0. The molecule has 0 radical (unpaired) electrons. The summed E-state index contributed by atoms with van der Waals surface area (Å²) >= 11 is 0. The maximum absolute atomic E-state index is 11.3. The Morgan fingerprint density at radius 3 is 2.46 bits per heavy atom. The van der Waals surface area contributed by atoms with Gasteiger partial charge in [-0.15, -0.1) is 0 Å². The first-order valence-corrected chi connectivity index (χ1v) is 4.42. The predicted molar refractivity (Wildman–Crippen MR) is 46.6 cm³/mol. The predicted octanol–water partition coefficient (Wildman–Crippen LogP) is 0.176. The minimum Gasteiger partial charge on any atom is -0.383 e. The van der Waals surface area contributed by atoms with Crippen molar-refractivity contribution in [3.8, 4) is 6.07 Å². The van der Waals surface area contributed by atoms with Gasteiger partial charge in [0.25, 0.3) is 0 Å². The average Bonchev–Trinajstić information content (AvgIpc) is 2.84. The second-order valence-corrected chi connectivity index (χ2v) is 3.87. The molecule has 1 rings (SSSR count). The molecule has 72 valence electrons. The summed E-state index contributed by atoms with van der Waals surface area (Å²) in [6.45, 7) is 3.52. The van der Waals surface area contributed by atoms with Gasteiger partial charge in [0, 0.05) is 0 Å². The van der Waals surface area contributed by atoms with Crippen molar-refractivity contribution in [1.82, 2.24) is 5.32 Å². The maximum atomic E-state index is 11.3. The molecule has 0 spiro atoms. The zero-order chi connectivity index (χ0) is 10.1. The summed E-state index contributed by atoms with van der Waals surface area (Å²) in [7, 11) is 0. The van der Waals surface area contributed by atoms with Crippen molar-refractivity contribution in [1.29, 1.82) is 5.26 Å². The quantitative estimate of drug-likeness (QED) is 0.653. The van der Waals surface area contributed by atoms with Crippen LogP contribution in [0.5, 0.6) is 0 Å². The normalized spacial score (nSPS) is 20.5. The number of carbonyl (C=O) groups is 1. The molecule has 0 aromatic rings. The number of nitrogens with zero attached hydrogens (tertiary/aromatic N) is 1. The Labute approximate surface area is 77.6 Å². The van der Waals surface area contributed by atoms with Crippen LogP contribution in [0.15, 0.2) is 0 Å². The van der Waals surface area contributed by atoms with Crippen molar-refractivity contribution in [3.63, 3.8) is 0 Å². The fraction of sp³-hybridized carbons (Fsp3) is 0.778. The summed E-state index contributed by atoms with van der Waals surface area (Å²) in [6.07, 6.45) is 0.381. The fourth-order valence-corrected chi connectivity index (χ4v) is 1.00. The number of hydrogen-bond acceptors (Lipinski definition) is 3. The number of nitrogens with one attached hydrogen (secondary N) is 1. The van der Waals surface area contributed by atoms with E-state index in [4.69, 9.17) is 5.26 Å². The Kier molecular flexibility index (Phi) is 2.58. The molecule has 1 fully saturated rings. The van der Waals surface area contributed by atoms with E-state index in [0.29, 0.717) is 12.8 Å². The van der Waals surface area contributed by atoms with Crippen LogP contribution in [0.3, 0.4) is 0 Å². The molecule has 0 heterocycles. The maximum Gasteiger partial charge on any atom is 0.250 e. The van der Waals surface area contributed by atoms with Crippen molar-refractivity contribution in [2.75, 3.05) is 0 Å². The van der Waals surface area contributed by atoms with E-state index in [9.17, 15) is 9.90 Å². The molecule has 1 atom stereocenters. The van der Waals surface area contributed by atoms with E-state index in [1.54, 1.807) is 13.8 Å². The van der Waals surface area contributed by atoms with Gasteiger partial charge in [0.05, 0.1) is 6.07 Å². The summed E-state index contributed by atoms with van der Waals surface area (Å²) in [4.78, 5) is 11.3. The van der Waals surface area contributed by atoms with Crippen LogP contribution in [0.25, 0.3) is 0 Å². The Morgan fingerprint density at radius 2 is 2.15 bits per heavy atom. The van der Waals surface area contributed by atoms with Crippen LogP contribution in [0.2, 0.25) is 0 Å². The molecule has 0 aliphatic heterocycles. The fourth-order valence-electron chi connectivity index (χ4n) is 1.00. The van der Waals surface area contributed by atoms with E-state index < -0.39 is 17.6 Å². The van der Waals surface area contributed by atoms with Crippen molar-refractivity contribution in [3.05, 3.63) is 0 Å². The minimum atomic E-state index is -1.01. The Hall–Kier alpha value is -1.08. The summed E-state index contributed by atoms with van der Waals surface area (Å²) in [5.41, 5.74) is -0.674. The highest BCUT2D eigenvalue weighted by Gasteiger charge is 2.45. The van der Waals surface area contributed by atoms with Crippen molar-refractivity contribution in [2.45, 2.75) is 38.3 Å². The molecule has 1 aliphatic carbocycles. The second-order valence-electron chi connectivity index (χ2n) is 3.87. The third-order valence-corrected chi connectivity index (χ3v) is 2.23. The number of rotatable bonds is 3. The first kappa shape index (κ1) is 10.0. The van der Waals surface area contributed by atoms with Gasteiger partial charge in [-0.2, -0.15) is 5.26 Å². The van der Waals surface area contributed by atoms with E-state index in [-0.39, 0.29) is 5.92 Å². The van der Waals surface area contributed by atoms with Gasteiger partial charge in [0.2, 0.25) is 5.91 Å². The third kappa shape index (κ3) is 2.19. The van der Waals surface area contributed by atoms with E-state index in [1.165, 1.54) is 0 Å². The zero-order valence-electron chi connectivity index (χ0n) is 7.87. The standard InChI is InChI=1S/C9H14N2O2/c1-6(2)7(12)8(13)11-9(5-10)3-4-9/h6-7,12H,3-4H2,1-2H3,(H,11,13)/t7-/m0/s1. The van der Waals surface area contributed by atoms with Gasteiger partial charge < -0.3 is 10.4 Å². The number of amides is 1. The van der Waals surface area contributed by atoms with Crippen molar-refractivity contribution < 1.29 is 9.90 Å². The number of nitriles is 1. The molecule has 13 heavy (non-hydrogen) atoms. The smallest absolute Gasteiger partial charge is 0.250 e. The molecule has 1 amide bonds. The minimum absolute atomic E-state index is 0.116. The molecule has 4 nitrogen and oxygen atoms in total. The topological polar surface area (TPSA) is 73.1 Å². The molecule has 2 N–H and O–H groups in total. The molecule has 0 saturated heterocycles. The summed E-state index contributed by atoms with van der Waals surface area (Å²) in [5.74, 6) is -0.552. The number of aliphatic hydroxyl groups is 1. The molecule has 0 aromatic carbocycles. The van der Waals surface area contributed by atoms with E-state index >= 15 is 0 Å². The molecular weight excluding hydrogens is 168 g/mol. The lowest BCUT2D eigenvalue weighted by atomic mass is 10.1. The van der Waals surface area contributed by atoms with Crippen molar-refractivity contribution >= 4 is 5.91 Å².